The summed E-state index contributed by atoms with van der Waals surface area (Å²) in [7, 11) is 0. The molecule has 0 amide bonds. The Morgan fingerprint density at radius 2 is 1.77 bits per heavy atom. The van der Waals surface area contributed by atoms with Crippen LogP contribution in [0.3, 0.4) is 0 Å². The van der Waals surface area contributed by atoms with Gasteiger partial charge in [0, 0.05) is 5.41 Å². The van der Waals surface area contributed by atoms with Gasteiger partial charge in [-0.05, 0) is 75.9 Å². The first-order valence-electron chi connectivity index (χ1n) is 12.7. The van der Waals surface area contributed by atoms with Crippen LogP contribution < -0.4 is 0 Å². The fourth-order valence-corrected chi connectivity index (χ4v) is 6.09. The average Bonchev–Trinajstić information content (AvgIpc) is 3.15. The highest BCUT2D eigenvalue weighted by atomic mass is 16.7. The maximum Gasteiger partial charge on any atom is 0.187 e. The molecular weight excluding hydrogens is 456 g/mol. The van der Waals surface area contributed by atoms with E-state index >= 15 is 0 Å². The molecule has 9 heteroatoms. The zero-order valence-electron chi connectivity index (χ0n) is 21.2. The van der Waals surface area contributed by atoms with Crippen LogP contribution in [0, 0.1) is 17.3 Å². The topological polar surface area (TPSA) is 160 Å². The van der Waals surface area contributed by atoms with Crippen LogP contribution in [0.25, 0.3) is 0 Å². The lowest BCUT2D eigenvalue weighted by Gasteiger charge is -2.41. The molecule has 35 heavy (non-hydrogen) atoms. The second-order valence-corrected chi connectivity index (χ2v) is 11.4. The van der Waals surface area contributed by atoms with Gasteiger partial charge < -0.3 is 45.2 Å². The van der Waals surface area contributed by atoms with Gasteiger partial charge in [-0.3, -0.25) is 0 Å². The first-order chi connectivity index (χ1) is 16.3. The molecule has 2 fully saturated rings. The predicted octanol–water partition coefficient (Wildman–Crippen LogP) is 0.385. The first-order valence-corrected chi connectivity index (χ1v) is 12.7. The van der Waals surface area contributed by atoms with Gasteiger partial charge in [-0.25, -0.2) is 0 Å². The lowest BCUT2D eigenvalue weighted by Crippen LogP contribution is -2.59. The van der Waals surface area contributed by atoms with Gasteiger partial charge in [0.05, 0.1) is 31.0 Å². The van der Waals surface area contributed by atoms with Crippen molar-refractivity contribution in [2.75, 3.05) is 13.2 Å². The highest BCUT2D eigenvalue weighted by Gasteiger charge is 2.52. The van der Waals surface area contributed by atoms with Gasteiger partial charge in [0.15, 0.2) is 6.29 Å². The van der Waals surface area contributed by atoms with Crippen molar-refractivity contribution in [3.63, 3.8) is 0 Å². The zero-order chi connectivity index (χ0) is 26.1. The molecule has 1 saturated carbocycles. The SMILES string of the molecule is CC1=CCC2C(C(C)(C)O)CCC2(C)C(O)C=C(CO)CCC1OC1OC(CO)C(O)C(O)C1O. The number of rotatable bonds is 5. The smallest absolute Gasteiger partial charge is 0.187 e. The Kier molecular flexibility index (Phi) is 9.22. The monoisotopic (exact) mass is 500 g/mol. The van der Waals surface area contributed by atoms with Crippen LogP contribution in [-0.4, -0.2) is 97.5 Å². The number of allylic oxidation sites excluding steroid dienone is 1. The van der Waals surface area contributed by atoms with Crippen LogP contribution in [-0.2, 0) is 9.47 Å². The normalized spacial score (nSPS) is 43.7. The molecule has 0 aromatic heterocycles. The average molecular weight is 501 g/mol. The Balaban J connectivity index is 1.91. The molecule has 0 radical (unpaired) electrons. The Labute approximate surface area is 207 Å². The minimum absolute atomic E-state index is 0.0188. The second kappa shape index (κ2) is 11.2. The molecule has 9 nitrogen and oxygen atoms in total. The highest BCUT2D eigenvalue weighted by molar-refractivity contribution is 5.17. The fraction of sp³-hybridized carbons (Fsp3) is 0.846. The predicted molar refractivity (Wildman–Crippen MR) is 128 cm³/mol. The van der Waals surface area contributed by atoms with Crippen molar-refractivity contribution in [3.05, 3.63) is 23.3 Å². The maximum atomic E-state index is 11.2. The lowest BCUT2D eigenvalue weighted by atomic mass is 9.68. The van der Waals surface area contributed by atoms with Gasteiger partial charge in [-0.2, -0.15) is 0 Å². The summed E-state index contributed by atoms with van der Waals surface area (Å²) < 4.78 is 11.6. The van der Waals surface area contributed by atoms with E-state index in [0.29, 0.717) is 24.8 Å². The van der Waals surface area contributed by atoms with Crippen molar-refractivity contribution >= 4 is 0 Å². The van der Waals surface area contributed by atoms with E-state index in [1.165, 1.54) is 0 Å². The van der Waals surface area contributed by atoms with Gasteiger partial charge in [-0.1, -0.05) is 19.1 Å². The van der Waals surface area contributed by atoms with Crippen LogP contribution in [0.1, 0.15) is 59.8 Å². The standard InChI is InChI=1S/C26H44O9/c1-14-5-7-17-16(25(2,3)33)9-10-26(17,4)20(29)11-15(12-27)6-8-18(14)34-24-23(32)22(31)21(30)19(13-28)35-24/h5,11,16-24,27-33H,6-10,12-13H2,1-4H3. The second-order valence-electron chi connectivity index (χ2n) is 11.4. The van der Waals surface area contributed by atoms with E-state index in [9.17, 15) is 35.7 Å². The minimum Gasteiger partial charge on any atom is -0.394 e. The van der Waals surface area contributed by atoms with Crippen molar-refractivity contribution in [2.24, 2.45) is 17.3 Å². The largest absolute Gasteiger partial charge is 0.394 e. The third-order valence-corrected chi connectivity index (χ3v) is 8.58. The lowest BCUT2D eigenvalue weighted by molar-refractivity contribution is -0.308. The summed E-state index contributed by atoms with van der Waals surface area (Å²) in [5.74, 6) is -0.0441. The molecule has 0 bridgehead atoms. The number of aliphatic hydroxyl groups is 7. The highest BCUT2D eigenvalue weighted by Crippen LogP contribution is 2.54. The van der Waals surface area contributed by atoms with Gasteiger partial charge in [0.1, 0.15) is 24.4 Å². The molecule has 3 rings (SSSR count). The summed E-state index contributed by atoms with van der Waals surface area (Å²) in [4.78, 5) is 0. The molecule has 10 unspecified atom stereocenters. The Morgan fingerprint density at radius 3 is 2.37 bits per heavy atom. The van der Waals surface area contributed by atoms with Crippen LogP contribution in [0.15, 0.2) is 23.3 Å². The minimum atomic E-state index is -1.53. The molecule has 0 aromatic rings. The Morgan fingerprint density at radius 1 is 1.09 bits per heavy atom. The molecule has 1 aliphatic heterocycles. The fourth-order valence-electron chi connectivity index (χ4n) is 6.09. The molecule has 7 N–H and O–H groups in total. The van der Waals surface area contributed by atoms with Gasteiger partial charge >= 0.3 is 0 Å². The number of ether oxygens (including phenoxy) is 2. The van der Waals surface area contributed by atoms with Crippen LogP contribution in [0.2, 0.25) is 0 Å². The van der Waals surface area contributed by atoms with Crippen LogP contribution in [0.5, 0.6) is 0 Å². The van der Waals surface area contributed by atoms with Gasteiger partial charge in [-0.15, -0.1) is 0 Å². The number of hydrogen-bond acceptors (Lipinski definition) is 9. The summed E-state index contributed by atoms with van der Waals surface area (Å²) in [6.45, 7) is 6.79. The van der Waals surface area contributed by atoms with Gasteiger partial charge in [0.25, 0.3) is 0 Å². The third-order valence-electron chi connectivity index (χ3n) is 8.58. The van der Waals surface area contributed by atoms with E-state index in [1.54, 1.807) is 19.9 Å². The summed E-state index contributed by atoms with van der Waals surface area (Å²) in [6, 6.07) is 0. The molecule has 2 aliphatic carbocycles. The molecule has 10 atom stereocenters. The first kappa shape index (κ1) is 28.7. The van der Waals surface area contributed by atoms with Crippen molar-refractivity contribution in [2.45, 2.75) is 108 Å². The molecular formula is C26H44O9. The van der Waals surface area contributed by atoms with Crippen LogP contribution in [0.4, 0.5) is 0 Å². The third kappa shape index (κ3) is 6.00. The van der Waals surface area contributed by atoms with E-state index < -0.39 is 60.5 Å². The van der Waals surface area contributed by atoms with Crippen molar-refractivity contribution in [1.82, 2.24) is 0 Å². The van der Waals surface area contributed by atoms with Gasteiger partial charge in [0.2, 0.25) is 0 Å². The number of aliphatic hydroxyl groups excluding tert-OH is 6. The maximum absolute atomic E-state index is 11.2. The molecule has 0 spiro atoms. The Hall–Kier alpha value is -0.880. The van der Waals surface area contributed by atoms with Crippen LogP contribution >= 0.6 is 0 Å². The van der Waals surface area contributed by atoms with Crippen molar-refractivity contribution in [3.8, 4) is 0 Å². The number of hydrogen-bond donors (Lipinski definition) is 7. The molecule has 202 valence electrons. The molecule has 0 aromatic carbocycles. The van der Waals surface area contributed by atoms with E-state index in [0.717, 1.165) is 18.4 Å². The van der Waals surface area contributed by atoms with E-state index in [1.807, 2.05) is 19.9 Å². The van der Waals surface area contributed by atoms with Crippen molar-refractivity contribution < 1.29 is 45.2 Å². The van der Waals surface area contributed by atoms with E-state index in [-0.39, 0.29) is 18.4 Å². The molecule has 3 aliphatic rings. The Bertz CT molecular complexity index is 773. The molecule has 1 saturated heterocycles. The summed E-state index contributed by atoms with van der Waals surface area (Å²) in [5.41, 5.74) is 0.139. The summed E-state index contributed by atoms with van der Waals surface area (Å²) in [6.07, 6.45) is -1.42. The zero-order valence-corrected chi connectivity index (χ0v) is 21.2. The van der Waals surface area contributed by atoms with Crippen molar-refractivity contribution in [1.29, 1.82) is 0 Å². The quantitative estimate of drug-likeness (QED) is 0.265. The molecule has 1 heterocycles. The van der Waals surface area contributed by atoms with E-state index in [4.69, 9.17) is 9.47 Å². The summed E-state index contributed by atoms with van der Waals surface area (Å²) >= 11 is 0. The summed E-state index contributed by atoms with van der Waals surface area (Å²) in [5, 5.41) is 72.2. The number of fused-ring (bicyclic) bond motifs is 1. The van der Waals surface area contributed by atoms with E-state index in [2.05, 4.69) is 0 Å².